The molecule has 2 aromatic carbocycles. The van der Waals surface area contributed by atoms with Crippen molar-refractivity contribution in [2.75, 3.05) is 0 Å². The number of rotatable bonds is 4. The second-order valence-electron chi connectivity index (χ2n) is 4.09. The van der Waals surface area contributed by atoms with Gasteiger partial charge in [-0.2, -0.15) is 0 Å². The Kier molecular flexibility index (Phi) is 4.88. The molecule has 2 aromatic rings. The fourth-order valence-electron chi connectivity index (χ4n) is 1.64. The zero-order valence-electron chi connectivity index (χ0n) is 10.2. The van der Waals surface area contributed by atoms with Crippen LogP contribution >= 0.6 is 23.2 Å². The first kappa shape index (κ1) is 15.1. The second-order valence-corrected chi connectivity index (χ2v) is 4.91. The van der Waals surface area contributed by atoms with E-state index < -0.39 is 12.9 Å². The van der Waals surface area contributed by atoms with Crippen molar-refractivity contribution in [2.45, 2.75) is 6.61 Å². The predicted octanol–water partition coefficient (Wildman–Crippen LogP) is 2.39. The van der Waals surface area contributed by atoms with E-state index in [4.69, 9.17) is 27.9 Å². The quantitative estimate of drug-likeness (QED) is 0.852. The van der Waals surface area contributed by atoms with Gasteiger partial charge in [-0.15, -0.1) is 0 Å². The van der Waals surface area contributed by atoms with Crippen LogP contribution in [0.2, 0.25) is 10.0 Å². The molecule has 0 aliphatic heterocycles. The van der Waals surface area contributed by atoms with Crippen molar-refractivity contribution in [1.29, 1.82) is 0 Å². The van der Waals surface area contributed by atoms with Crippen LogP contribution in [0.15, 0.2) is 36.4 Å². The van der Waals surface area contributed by atoms with Crippen LogP contribution in [0.25, 0.3) is 0 Å². The third kappa shape index (κ3) is 3.64. The topological polar surface area (TPSA) is 49.7 Å². The molecule has 0 aliphatic carbocycles. The lowest BCUT2D eigenvalue weighted by Crippen LogP contribution is -2.31. The molecule has 0 radical (unpaired) electrons. The third-order valence-electron chi connectivity index (χ3n) is 2.63. The number of hydrogen-bond acceptors (Lipinski definition) is 3. The molecule has 0 heterocycles. The zero-order chi connectivity index (χ0) is 14.7. The summed E-state index contributed by atoms with van der Waals surface area (Å²) in [6.07, 6.45) is 0. The van der Waals surface area contributed by atoms with Crippen molar-refractivity contribution >= 4 is 35.8 Å². The van der Waals surface area contributed by atoms with Gasteiger partial charge < -0.3 is 14.8 Å². The highest BCUT2D eigenvalue weighted by molar-refractivity contribution is 6.59. The van der Waals surface area contributed by atoms with Gasteiger partial charge in [0.25, 0.3) is 0 Å². The highest BCUT2D eigenvalue weighted by Gasteiger charge is 2.18. The maximum absolute atomic E-state index is 13.1. The number of hydrogen-bond donors (Lipinski definition) is 2. The Balaban J connectivity index is 2.16. The molecular weight excluding hydrogens is 305 g/mol. The van der Waals surface area contributed by atoms with E-state index in [1.54, 1.807) is 18.2 Å². The number of halogens is 3. The van der Waals surface area contributed by atoms with Crippen molar-refractivity contribution in [2.24, 2.45) is 0 Å². The Hall–Kier alpha value is -1.27. The summed E-state index contributed by atoms with van der Waals surface area (Å²) in [5, 5.41) is 19.2. The van der Waals surface area contributed by atoms with Gasteiger partial charge in [0.1, 0.15) is 18.2 Å². The Morgan fingerprint density at radius 2 is 1.80 bits per heavy atom. The van der Waals surface area contributed by atoms with E-state index in [9.17, 15) is 14.4 Å². The van der Waals surface area contributed by atoms with Gasteiger partial charge in [0.05, 0.1) is 10.0 Å². The molecule has 0 bridgehead atoms. The van der Waals surface area contributed by atoms with Gasteiger partial charge in [-0.1, -0.05) is 29.3 Å². The Morgan fingerprint density at radius 3 is 2.45 bits per heavy atom. The maximum Gasteiger partial charge on any atom is 0.492 e. The van der Waals surface area contributed by atoms with Gasteiger partial charge >= 0.3 is 7.12 Å². The molecule has 7 heteroatoms. The average molecular weight is 315 g/mol. The van der Waals surface area contributed by atoms with Crippen molar-refractivity contribution < 1.29 is 19.2 Å². The van der Waals surface area contributed by atoms with Crippen LogP contribution < -0.4 is 10.2 Å². The van der Waals surface area contributed by atoms with E-state index in [-0.39, 0.29) is 17.8 Å². The normalized spacial score (nSPS) is 10.4. The monoisotopic (exact) mass is 314 g/mol. The molecule has 0 amide bonds. The summed E-state index contributed by atoms with van der Waals surface area (Å²) in [4.78, 5) is 0. The predicted molar refractivity (Wildman–Crippen MR) is 77.0 cm³/mol. The van der Waals surface area contributed by atoms with Crippen LogP contribution in [0.5, 0.6) is 5.75 Å². The van der Waals surface area contributed by atoms with Gasteiger partial charge in [0, 0.05) is 5.46 Å². The van der Waals surface area contributed by atoms with Crippen molar-refractivity contribution in [3.63, 3.8) is 0 Å². The fourth-order valence-corrected chi connectivity index (χ4v) is 1.96. The summed E-state index contributed by atoms with van der Waals surface area (Å²) in [6.45, 7) is 0.141. The summed E-state index contributed by atoms with van der Waals surface area (Å²) >= 11 is 11.7. The van der Waals surface area contributed by atoms with Crippen LogP contribution in [-0.2, 0) is 6.61 Å². The maximum atomic E-state index is 13.1. The number of benzene rings is 2. The lowest BCUT2D eigenvalue weighted by molar-refractivity contribution is 0.306. The molecule has 20 heavy (non-hydrogen) atoms. The minimum Gasteiger partial charge on any atom is -0.489 e. The van der Waals surface area contributed by atoms with E-state index >= 15 is 0 Å². The molecule has 0 saturated heterocycles. The second kappa shape index (κ2) is 6.46. The molecular formula is C13H10BCl2FO3. The first-order chi connectivity index (χ1) is 9.47. The molecule has 2 N–H and O–H groups in total. The summed E-state index contributed by atoms with van der Waals surface area (Å²) < 4.78 is 18.5. The Morgan fingerprint density at radius 1 is 1.05 bits per heavy atom. The largest absolute Gasteiger partial charge is 0.492 e. The molecule has 0 spiro atoms. The smallest absolute Gasteiger partial charge is 0.489 e. The van der Waals surface area contributed by atoms with Crippen LogP contribution in [-0.4, -0.2) is 17.2 Å². The Bertz CT molecular complexity index is 623. The molecule has 2 rings (SSSR count). The van der Waals surface area contributed by atoms with Gasteiger partial charge in [0.15, 0.2) is 0 Å². The number of ether oxygens (including phenoxy) is 1. The van der Waals surface area contributed by atoms with Gasteiger partial charge in [-0.25, -0.2) is 4.39 Å². The molecule has 0 aliphatic rings. The van der Waals surface area contributed by atoms with Crippen LogP contribution in [0, 0.1) is 5.82 Å². The Labute approximate surface area is 125 Å². The lowest BCUT2D eigenvalue weighted by Gasteiger charge is -2.11. The van der Waals surface area contributed by atoms with Crippen molar-refractivity contribution in [3.8, 4) is 5.75 Å². The minimum absolute atomic E-state index is 0.0370. The first-order valence-corrected chi connectivity index (χ1v) is 6.45. The molecule has 104 valence electrons. The van der Waals surface area contributed by atoms with E-state index in [0.29, 0.717) is 10.0 Å². The molecule has 3 nitrogen and oxygen atoms in total. The molecule has 0 aromatic heterocycles. The fraction of sp³-hybridized carbons (Fsp3) is 0.0769. The molecule has 0 saturated carbocycles. The molecule has 0 atom stereocenters. The van der Waals surface area contributed by atoms with Gasteiger partial charge in [0.2, 0.25) is 0 Å². The average Bonchev–Trinajstić information content (AvgIpc) is 2.41. The van der Waals surface area contributed by atoms with Gasteiger partial charge in [-0.05, 0) is 35.9 Å². The first-order valence-electron chi connectivity index (χ1n) is 5.69. The summed E-state index contributed by atoms with van der Waals surface area (Å²) in [6, 6.07) is 8.52. The third-order valence-corrected chi connectivity index (χ3v) is 3.37. The van der Waals surface area contributed by atoms with Gasteiger partial charge in [-0.3, -0.25) is 0 Å². The summed E-state index contributed by atoms with van der Waals surface area (Å²) in [7, 11) is -1.81. The van der Waals surface area contributed by atoms with E-state index in [0.717, 1.165) is 11.6 Å². The van der Waals surface area contributed by atoms with E-state index in [2.05, 4.69) is 0 Å². The van der Waals surface area contributed by atoms with Crippen LogP contribution in [0.3, 0.4) is 0 Å². The zero-order valence-corrected chi connectivity index (χ0v) is 11.7. The lowest BCUT2D eigenvalue weighted by atomic mass is 9.79. The standard InChI is InChI=1S/C13H10BCl2FO3/c15-11-3-1-8(5-12(11)16)7-20-13-4-2-9(17)6-10(13)14(18)19/h1-6,18-19H,7H2. The van der Waals surface area contributed by atoms with E-state index in [1.165, 1.54) is 12.1 Å². The highest BCUT2D eigenvalue weighted by Crippen LogP contribution is 2.23. The van der Waals surface area contributed by atoms with Crippen molar-refractivity contribution in [1.82, 2.24) is 0 Å². The molecule has 0 fully saturated rings. The summed E-state index contributed by atoms with van der Waals surface area (Å²) in [5.41, 5.74) is 0.715. The van der Waals surface area contributed by atoms with E-state index in [1.807, 2.05) is 0 Å². The highest BCUT2D eigenvalue weighted by atomic mass is 35.5. The van der Waals surface area contributed by atoms with Crippen LogP contribution in [0.1, 0.15) is 5.56 Å². The SMILES string of the molecule is OB(O)c1cc(F)ccc1OCc1ccc(Cl)c(Cl)c1. The van der Waals surface area contributed by atoms with Crippen LogP contribution in [0.4, 0.5) is 4.39 Å². The summed E-state index contributed by atoms with van der Waals surface area (Å²) in [5.74, 6) is -0.387. The van der Waals surface area contributed by atoms with Crippen molar-refractivity contribution in [3.05, 3.63) is 57.8 Å². The minimum atomic E-state index is -1.81. The molecule has 0 unspecified atom stereocenters.